The number of amidine groups is 1. The molecular weight excluding hydrogens is 561 g/mol. The minimum atomic E-state index is -0.188. The lowest BCUT2D eigenvalue weighted by atomic mass is 10.1. The predicted octanol–water partition coefficient (Wildman–Crippen LogP) is 8.17. The van der Waals surface area contributed by atoms with Crippen LogP contribution in [0.4, 0.5) is 10.0 Å². The summed E-state index contributed by atoms with van der Waals surface area (Å²) in [5.41, 5.74) is 1.55. The molecule has 0 fully saturated rings. The summed E-state index contributed by atoms with van der Waals surface area (Å²) in [6.07, 6.45) is 0. The highest BCUT2D eigenvalue weighted by Crippen LogP contribution is 2.49. The number of nitrogens with zero attached hydrogens (tertiary/aromatic N) is 8. The van der Waals surface area contributed by atoms with Crippen molar-refractivity contribution >= 4 is 110 Å². The van der Waals surface area contributed by atoms with Gasteiger partial charge in [0.05, 0.1) is 21.1 Å². The zero-order chi connectivity index (χ0) is 25.5. The molecule has 8 nitrogen and oxygen atoms in total. The fourth-order valence-electron chi connectivity index (χ4n) is 3.66. The minimum Gasteiger partial charge on any atom is -0.351 e. The first-order valence-electron chi connectivity index (χ1n) is 10.2. The Bertz CT molecular complexity index is 1920. The van der Waals surface area contributed by atoms with Gasteiger partial charge < -0.3 is 4.85 Å². The first kappa shape index (κ1) is 23.1. The second kappa shape index (κ2) is 9.27. The molecule has 0 aliphatic heterocycles. The molecule has 172 valence electrons. The molecule has 1 aromatic carbocycles. The molecule has 0 saturated heterocycles. The summed E-state index contributed by atoms with van der Waals surface area (Å²) in [6.45, 7) is 7.04. The number of hydrogen-bond donors (Lipinski definition) is 0. The monoisotopic (exact) mass is 566 g/mol. The van der Waals surface area contributed by atoms with Crippen LogP contribution >= 0.6 is 57.1 Å². The van der Waals surface area contributed by atoms with Crippen LogP contribution in [0.2, 0.25) is 0 Å². The second-order valence-corrected chi connectivity index (χ2v) is 12.0. The fourth-order valence-corrected chi connectivity index (χ4v) is 8.63. The average molecular weight is 567 g/mol. The second-order valence-electron chi connectivity index (χ2n) is 7.29. The molecule has 0 aliphatic carbocycles. The molecule has 0 atom stereocenters. The van der Waals surface area contributed by atoms with E-state index in [2.05, 4.69) is 35.7 Å². The van der Waals surface area contributed by atoms with E-state index in [1.807, 2.05) is 18.2 Å². The predicted molar refractivity (Wildman–Crippen MR) is 152 cm³/mol. The van der Waals surface area contributed by atoms with Gasteiger partial charge in [-0.05, 0) is 36.4 Å². The summed E-state index contributed by atoms with van der Waals surface area (Å²) in [5.74, 6) is -0.188. The van der Waals surface area contributed by atoms with Gasteiger partial charge in [0, 0.05) is 30.3 Å². The summed E-state index contributed by atoms with van der Waals surface area (Å²) < 4.78 is 11.4. The molecule has 0 bridgehead atoms. The van der Waals surface area contributed by atoms with Crippen LogP contribution in [-0.4, -0.2) is 20.3 Å². The van der Waals surface area contributed by atoms with Crippen molar-refractivity contribution in [3.8, 4) is 37.7 Å². The third kappa shape index (κ3) is 3.98. The van der Waals surface area contributed by atoms with Crippen LogP contribution in [0.15, 0.2) is 46.4 Å². The van der Waals surface area contributed by atoms with Crippen LogP contribution in [0.25, 0.3) is 55.6 Å². The molecule has 0 unspecified atom stereocenters. The van der Waals surface area contributed by atoms with Crippen LogP contribution in [0, 0.1) is 40.6 Å². The van der Waals surface area contributed by atoms with Crippen LogP contribution in [0.1, 0.15) is 0 Å². The molecule has 0 radical (unpaired) electrons. The maximum atomic E-state index is 9.00. The van der Waals surface area contributed by atoms with Crippen LogP contribution in [0.5, 0.6) is 0 Å². The van der Waals surface area contributed by atoms with Crippen LogP contribution in [0.3, 0.4) is 0 Å². The lowest BCUT2D eigenvalue weighted by molar-refractivity contribution is 1.51. The Labute approximate surface area is 228 Å². The van der Waals surface area contributed by atoms with Crippen molar-refractivity contribution in [3.63, 3.8) is 0 Å². The van der Waals surface area contributed by atoms with Crippen molar-refractivity contribution < 1.29 is 0 Å². The molecule has 0 spiro atoms. The summed E-state index contributed by atoms with van der Waals surface area (Å²) in [5, 5.41) is 30.3. The number of thiophene rings is 4. The van der Waals surface area contributed by atoms with Gasteiger partial charge >= 0.3 is 5.84 Å². The molecule has 6 aromatic rings. The maximum absolute atomic E-state index is 9.00. The number of fused-ring (bicyclic) bond motifs is 6. The van der Waals surface area contributed by atoms with Gasteiger partial charge in [0.15, 0.2) is 0 Å². The normalized spacial score (nSPS) is 11.3. The molecule has 0 N–H and O–H groups in total. The van der Waals surface area contributed by atoms with Gasteiger partial charge in [-0.25, -0.2) is 10.3 Å². The van der Waals surface area contributed by atoms with E-state index in [0.29, 0.717) is 10.0 Å². The fraction of sp³-hybridized carbons (Fsp3) is 0. The van der Waals surface area contributed by atoms with Gasteiger partial charge in [0.25, 0.3) is 0 Å². The number of rotatable bonds is 4. The third-order valence-corrected chi connectivity index (χ3v) is 10.5. The van der Waals surface area contributed by atoms with Gasteiger partial charge in [-0.15, -0.1) is 34.0 Å². The van der Waals surface area contributed by atoms with Crippen molar-refractivity contribution in [1.82, 2.24) is 8.75 Å². The molecular formula is C24H6N8S5. The van der Waals surface area contributed by atoms with Gasteiger partial charge in [0.2, 0.25) is 10.7 Å². The average Bonchev–Trinajstić information content (AvgIpc) is 3.72. The smallest absolute Gasteiger partial charge is 0.350 e. The maximum Gasteiger partial charge on any atom is 0.350 e. The molecule has 5 heterocycles. The zero-order valence-electron chi connectivity index (χ0n) is 18.1. The lowest BCUT2D eigenvalue weighted by Gasteiger charge is -1.93. The first-order chi connectivity index (χ1) is 18.1. The Hall–Kier alpha value is -4.34. The van der Waals surface area contributed by atoms with E-state index in [4.69, 9.17) is 22.4 Å². The number of benzene rings is 1. The Balaban J connectivity index is 1.49. The van der Waals surface area contributed by atoms with Crippen molar-refractivity contribution in [2.45, 2.75) is 0 Å². The van der Waals surface area contributed by atoms with Crippen molar-refractivity contribution in [3.05, 3.63) is 47.8 Å². The van der Waals surface area contributed by atoms with E-state index >= 15 is 0 Å². The van der Waals surface area contributed by atoms with Crippen LogP contribution < -0.4 is 0 Å². The Morgan fingerprint density at radius 3 is 1.76 bits per heavy atom. The minimum absolute atomic E-state index is 0.173. The molecule has 0 aliphatic rings. The lowest BCUT2D eigenvalue weighted by Crippen LogP contribution is -1.84. The Kier molecular flexibility index (Phi) is 5.78. The van der Waals surface area contributed by atoms with E-state index in [1.165, 1.54) is 34.4 Å². The van der Waals surface area contributed by atoms with E-state index in [9.17, 15) is 0 Å². The van der Waals surface area contributed by atoms with E-state index in [1.54, 1.807) is 46.9 Å². The van der Waals surface area contributed by atoms with Crippen molar-refractivity contribution in [2.24, 2.45) is 9.98 Å². The highest BCUT2D eigenvalue weighted by atomic mass is 32.1. The topological polar surface area (TPSA) is 126 Å². The van der Waals surface area contributed by atoms with Gasteiger partial charge in [0.1, 0.15) is 34.2 Å². The van der Waals surface area contributed by atoms with E-state index < -0.39 is 0 Å². The number of hydrogen-bond acceptors (Lipinski definition) is 12. The highest BCUT2D eigenvalue weighted by molar-refractivity contribution is 7.33. The standard InChI is InChI=1S/C24H6N8S5/c1-28-18(10-27)30-20-5-3-15(34-20)17-7-13-22-21(31-37-32-22)12-6-16(35-23(12)24(13)36-17)14-2-4-19(33-14)29-11(8-25)9-26/h2-7H/b30-18+. The molecule has 5 aromatic heterocycles. The molecule has 13 heteroatoms. The first-order valence-corrected chi connectivity index (χ1v) is 14.2. The molecule has 6 rings (SSSR count). The SMILES string of the molecule is [C-]#[N+]/C(C#N)=N/c1ccc(-c2cc3c4nsnc4c4cc(-c5ccc(N=C(C#N)C#N)s5)sc4c3s2)s1. The largest absolute Gasteiger partial charge is 0.351 e. The summed E-state index contributed by atoms with van der Waals surface area (Å²) in [6, 6.07) is 17.1. The van der Waals surface area contributed by atoms with Gasteiger partial charge in [-0.3, -0.25) is 0 Å². The van der Waals surface area contributed by atoms with Crippen molar-refractivity contribution in [2.75, 3.05) is 0 Å². The quantitative estimate of drug-likeness (QED) is 0.121. The third-order valence-electron chi connectivity index (χ3n) is 5.19. The highest BCUT2D eigenvalue weighted by Gasteiger charge is 2.20. The van der Waals surface area contributed by atoms with Gasteiger partial charge in [-0.2, -0.15) is 19.3 Å². The molecule has 0 saturated carbocycles. The van der Waals surface area contributed by atoms with Gasteiger partial charge in [-0.1, -0.05) is 22.9 Å². The Morgan fingerprint density at radius 1 is 0.730 bits per heavy atom. The molecule has 37 heavy (non-hydrogen) atoms. The zero-order valence-corrected chi connectivity index (χ0v) is 22.2. The van der Waals surface area contributed by atoms with Crippen molar-refractivity contribution in [1.29, 1.82) is 15.8 Å². The Morgan fingerprint density at radius 2 is 1.27 bits per heavy atom. The number of nitriles is 3. The van der Waals surface area contributed by atoms with E-state index in [-0.39, 0.29) is 11.5 Å². The summed E-state index contributed by atoms with van der Waals surface area (Å²) >= 11 is 7.36. The number of aromatic nitrogens is 2. The summed E-state index contributed by atoms with van der Waals surface area (Å²) in [7, 11) is 0. The van der Waals surface area contributed by atoms with Crippen LogP contribution in [-0.2, 0) is 0 Å². The number of aliphatic imine (C=N–C) groups is 2. The van der Waals surface area contributed by atoms with E-state index in [0.717, 1.165) is 50.7 Å². The molecule has 0 amide bonds. The summed E-state index contributed by atoms with van der Waals surface area (Å²) in [4.78, 5) is 15.4.